The number of piperidine rings is 1. The number of aliphatic hydroxyl groups excluding tert-OH is 1. The molecular formula is C31H41N5O5S. The van der Waals surface area contributed by atoms with E-state index in [2.05, 4.69) is 31.3 Å². The molecule has 2 aliphatic heterocycles. The molecule has 3 heterocycles. The van der Waals surface area contributed by atoms with Crippen LogP contribution in [-0.4, -0.2) is 75.5 Å². The van der Waals surface area contributed by atoms with Crippen LogP contribution in [-0.2, 0) is 21.8 Å². The Morgan fingerprint density at radius 1 is 1.07 bits per heavy atom. The monoisotopic (exact) mass is 595 g/mol. The highest BCUT2D eigenvalue weighted by Crippen LogP contribution is 2.54. The molecule has 3 aromatic rings. The highest BCUT2D eigenvalue weighted by atomic mass is 32.2. The minimum atomic E-state index is -3.85. The van der Waals surface area contributed by atoms with Gasteiger partial charge in [-0.15, -0.1) is 0 Å². The summed E-state index contributed by atoms with van der Waals surface area (Å²) in [5, 5.41) is 13.5. The Hall–Kier alpha value is -3.12. The molecular weight excluding hydrogens is 554 g/mol. The first kappa shape index (κ1) is 29.0. The summed E-state index contributed by atoms with van der Waals surface area (Å²) in [5.74, 6) is -0.247. The third-order valence-corrected chi connectivity index (χ3v) is 10.7. The Bertz CT molecular complexity index is 1590. The zero-order valence-electron chi connectivity index (χ0n) is 24.6. The van der Waals surface area contributed by atoms with Gasteiger partial charge in [-0.1, -0.05) is 0 Å². The molecule has 3 aliphatic rings. The van der Waals surface area contributed by atoms with E-state index in [1.54, 1.807) is 19.1 Å². The number of aromatic nitrogens is 1. The maximum Gasteiger partial charge on any atom is 0.255 e. The number of hydrogen-bond acceptors (Lipinski definition) is 7. The molecule has 11 heteroatoms. The molecule has 1 spiro atoms. The Morgan fingerprint density at radius 3 is 2.52 bits per heavy atom. The number of carbonyl (C=O) groups is 1. The molecule has 42 heavy (non-hydrogen) atoms. The zero-order valence-corrected chi connectivity index (χ0v) is 25.4. The number of fused-ring (bicyclic) bond motifs is 1. The molecule has 3 fully saturated rings. The fraction of sp³-hybridized carbons (Fsp3) is 0.516. The lowest BCUT2D eigenvalue weighted by atomic mass is 9.93. The van der Waals surface area contributed by atoms with Crippen molar-refractivity contribution in [3.05, 3.63) is 48.2 Å². The molecule has 2 saturated heterocycles. The number of nitrogens with one attached hydrogen (secondary N) is 2. The van der Waals surface area contributed by atoms with Gasteiger partial charge >= 0.3 is 0 Å². The van der Waals surface area contributed by atoms with Crippen molar-refractivity contribution in [3.8, 4) is 0 Å². The lowest BCUT2D eigenvalue weighted by Crippen LogP contribution is -2.41. The van der Waals surface area contributed by atoms with Crippen molar-refractivity contribution in [3.63, 3.8) is 0 Å². The van der Waals surface area contributed by atoms with E-state index in [0.29, 0.717) is 29.0 Å². The number of nitrogens with zero attached hydrogens (tertiary/aromatic N) is 3. The Labute approximate surface area is 247 Å². The number of sulfonamides is 1. The number of anilines is 3. The van der Waals surface area contributed by atoms with Crippen LogP contribution in [0.2, 0.25) is 0 Å². The Balaban J connectivity index is 1.33. The molecule has 1 aliphatic carbocycles. The maximum absolute atomic E-state index is 13.8. The first-order valence-corrected chi connectivity index (χ1v) is 16.3. The van der Waals surface area contributed by atoms with E-state index in [4.69, 9.17) is 4.74 Å². The molecule has 3 N–H and O–H groups in total. The molecule has 10 nitrogen and oxygen atoms in total. The van der Waals surface area contributed by atoms with E-state index in [0.717, 1.165) is 55.6 Å². The van der Waals surface area contributed by atoms with Crippen molar-refractivity contribution in [1.82, 2.24) is 9.29 Å². The first-order valence-electron chi connectivity index (χ1n) is 14.9. The topological polar surface area (TPSA) is 116 Å². The van der Waals surface area contributed by atoms with Crippen molar-refractivity contribution in [2.24, 2.45) is 12.5 Å². The Kier molecular flexibility index (Phi) is 7.71. The van der Waals surface area contributed by atoms with Gasteiger partial charge in [0.25, 0.3) is 5.91 Å². The zero-order chi connectivity index (χ0) is 29.6. The molecule has 0 unspecified atom stereocenters. The number of aliphatic hydroxyl groups is 1. The SMILES string of the molecule is C[C@H](CO)NS(=O)(=O)c1ccc(NC(=O)c2cc(N3CCO[C@H](C)C3)c3c(ccn3C)c2)c(N2CCC3(CC2)CC3)c1. The highest BCUT2D eigenvalue weighted by Gasteiger charge is 2.44. The van der Waals surface area contributed by atoms with Crippen LogP contribution in [0.3, 0.4) is 0 Å². The number of aryl methyl sites for hydroxylation is 1. The minimum absolute atomic E-state index is 0.0954. The van der Waals surface area contributed by atoms with Gasteiger partial charge in [-0.3, -0.25) is 4.79 Å². The van der Waals surface area contributed by atoms with Crippen LogP contribution < -0.4 is 19.8 Å². The molecule has 0 bridgehead atoms. The van der Waals surface area contributed by atoms with Gasteiger partial charge in [0.05, 0.1) is 46.8 Å². The molecule has 2 aromatic carbocycles. The van der Waals surface area contributed by atoms with E-state index in [-0.39, 0.29) is 23.5 Å². The minimum Gasteiger partial charge on any atom is -0.395 e. The predicted molar refractivity (Wildman–Crippen MR) is 165 cm³/mol. The summed E-state index contributed by atoms with van der Waals surface area (Å²) in [5.41, 5.74) is 4.33. The van der Waals surface area contributed by atoms with E-state index in [1.165, 1.54) is 18.9 Å². The lowest BCUT2D eigenvalue weighted by Gasteiger charge is -2.35. The molecule has 0 radical (unpaired) electrons. The predicted octanol–water partition coefficient (Wildman–Crippen LogP) is 3.70. The second-order valence-electron chi connectivity index (χ2n) is 12.3. The van der Waals surface area contributed by atoms with Gasteiger partial charge in [0, 0.05) is 56.4 Å². The number of carbonyl (C=O) groups excluding carboxylic acids is 1. The third kappa shape index (κ3) is 5.75. The standard InChI is InChI=1S/C31H41N5O5S/c1-21(20-37)33-42(39,40)25-4-5-26(27(18-25)35-12-9-31(7-8-31)10-13-35)32-30(38)24-16-23-6-11-34(3)29(23)28(17-24)36-14-15-41-22(2)19-36/h4-6,11,16-18,21-22,33,37H,7-10,12-15,19-20H2,1-3H3,(H,32,38)/t21-,22-/m1/s1. The van der Waals surface area contributed by atoms with Gasteiger partial charge in [-0.05, 0) is 81.3 Å². The molecule has 1 aromatic heterocycles. The van der Waals surface area contributed by atoms with E-state index in [1.807, 2.05) is 31.4 Å². The van der Waals surface area contributed by atoms with Gasteiger partial charge in [-0.2, -0.15) is 0 Å². The molecule has 1 saturated carbocycles. The van der Waals surface area contributed by atoms with Crippen LogP contribution in [0.15, 0.2) is 47.5 Å². The van der Waals surface area contributed by atoms with Gasteiger partial charge in [0.2, 0.25) is 10.0 Å². The second-order valence-corrected chi connectivity index (χ2v) is 14.0. The largest absolute Gasteiger partial charge is 0.395 e. The fourth-order valence-corrected chi connectivity index (χ4v) is 7.59. The summed E-state index contributed by atoms with van der Waals surface area (Å²) in [6.07, 6.45) is 6.73. The van der Waals surface area contributed by atoms with Crippen molar-refractivity contribution in [2.75, 3.05) is 54.5 Å². The number of ether oxygens (including phenoxy) is 1. The van der Waals surface area contributed by atoms with Crippen LogP contribution in [0, 0.1) is 5.41 Å². The average molecular weight is 596 g/mol. The van der Waals surface area contributed by atoms with Crippen LogP contribution in [0.4, 0.5) is 17.1 Å². The van der Waals surface area contributed by atoms with Gasteiger partial charge in [0.1, 0.15) is 0 Å². The van der Waals surface area contributed by atoms with Gasteiger partial charge in [0.15, 0.2) is 0 Å². The van der Waals surface area contributed by atoms with Crippen LogP contribution in [0.1, 0.15) is 49.9 Å². The second kappa shape index (κ2) is 11.2. The van der Waals surface area contributed by atoms with Crippen molar-refractivity contribution in [1.29, 1.82) is 0 Å². The number of amides is 1. The smallest absolute Gasteiger partial charge is 0.255 e. The summed E-state index contributed by atoms with van der Waals surface area (Å²) < 4.78 is 36.6. The average Bonchev–Trinajstić information content (AvgIpc) is 3.63. The molecule has 6 rings (SSSR count). The number of morpholine rings is 1. The molecule has 2 atom stereocenters. The lowest BCUT2D eigenvalue weighted by molar-refractivity contribution is 0.0533. The summed E-state index contributed by atoms with van der Waals surface area (Å²) >= 11 is 0. The Morgan fingerprint density at radius 2 is 1.83 bits per heavy atom. The quantitative estimate of drug-likeness (QED) is 0.364. The third-order valence-electron chi connectivity index (χ3n) is 9.07. The normalized spacial score (nSPS) is 21.1. The first-order chi connectivity index (χ1) is 20.1. The van der Waals surface area contributed by atoms with E-state index < -0.39 is 16.1 Å². The summed E-state index contributed by atoms with van der Waals surface area (Å²) in [7, 11) is -1.84. The van der Waals surface area contributed by atoms with Crippen molar-refractivity contribution < 1.29 is 23.1 Å². The molecule has 226 valence electrons. The van der Waals surface area contributed by atoms with Crippen molar-refractivity contribution >= 4 is 43.9 Å². The van der Waals surface area contributed by atoms with Crippen LogP contribution in [0.5, 0.6) is 0 Å². The summed E-state index contributed by atoms with van der Waals surface area (Å²) in [6, 6.07) is 10.1. The van der Waals surface area contributed by atoms with Crippen LogP contribution >= 0.6 is 0 Å². The maximum atomic E-state index is 13.8. The number of benzene rings is 2. The van der Waals surface area contributed by atoms with Gasteiger partial charge < -0.3 is 29.5 Å². The summed E-state index contributed by atoms with van der Waals surface area (Å²) in [6.45, 7) is 7.10. The van der Waals surface area contributed by atoms with E-state index in [9.17, 15) is 18.3 Å². The van der Waals surface area contributed by atoms with Crippen LogP contribution in [0.25, 0.3) is 10.9 Å². The van der Waals surface area contributed by atoms with E-state index >= 15 is 0 Å². The van der Waals surface area contributed by atoms with Crippen molar-refractivity contribution in [2.45, 2.75) is 56.6 Å². The van der Waals surface area contributed by atoms with Gasteiger partial charge in [-0.25, -0.2) is 13.1 Å². The fourth-order valence-electron chi connectivity index (χ4n) is 6.34. The number of rotatable bonds is 8. The molecule has 1 amide bonds. The number of hydrogen-bond donors (Lipinski definition) is 3. The highest BCUT2D eigenvalue weighted by molar-refractivity contribution is 7.89. The summed E-state index contributed by atoms with van der Waals surface area (Å²) in [4.78, 5) is 18.4.